The van der Waals surface area contributed by atoms with Gasteiger partial charge >= 0.3 is 6.18 Å². The summed E-state index contributed by atoms with van der Waals surface area (Å²) >= 11 is 0. The summed E-state index contributed by atoms with van der Waals surface area (Å²) in [6, 6.07) is 2.99. The summed E-state index contributed by atoms with van der Waals surface area (Å²) in [5, 5.41) is 5.36. The molecule has 1 aliphatic rings. The van der Waals surface area contributed by atoms with E-state index in [4.69, 9.17) is 0 Å². The minimum Gasteiger partial charge on any atom is -0.352 e. The Morgan fingerprint density at radius 3 is 2.70 bits per heavy atom. The molecule has 7 nitrogen and oxygen atoms in total. The third kappa shape index (κ3) is 5.02. The fourth-order valence-electron chi connectivity index (χ4n) is 3.03. The van der Waals surface area contributed by atoms with Gasteiger partial charge in [0.15, 0.2) is 11.6 Å². The van der Waals surface area contributed by atoms with Crippen LogP contribution in [0.2, 0.25) is 0 Å². The van der Waals surface area contributed by atoms with E-state index in [2.05, 4.69) is 20.6 Å². The maximum Gasteiger partial charge on any atom is 0.417 e. The van der Waals surface area contributed by atoms with Crippen molar-refractivity contribution < 1.29 is 27.2 Å². The summed E-state index contributed by atoms with van der Waals surface area (Å²) in [6.45, 7) is 2.21. The van der Waals surface area contributed by atoms with E-state index in [0.717, 1.165) is 0 Å². The minimum absolute atomic E-state index is 0.187. The van der Waals surface area contributed by atoms with Gasteiger partial charge in [-0.2, -0.15) is 13.2 Å². The van der Waals surface area contributed by atoms with E-state index in [0.29, 0.717) is 25.2 Å². The molecule has 0 unspecified atom stereocenters. The number of hydrogen-bond donors (Lipinski definition) is 2. The number of carbonyl (C=O) groups excluding carboxylic acids is 2. The van der Waals surface area contributed by atoms with Crippen molar-refractivity contribution in [3.05, 3.63) is 47.5 Å². The Kier molecular flexibility index (Phi) is 6.18. The lowest BCUT2D eigenvalue weighted by Crippen LogP contribution is -2.37. The van der Waals surface area contributed by atoms with Crippen LogP contribution in [0.15, 0.2) is 30.6 Å². The first kappa shape index (κ1) is 21.5. The van der Waals surface area contributed by atoms with E-state index < -0.39 is 23.5 Å². The summed E-state index contributed by atoms with van der Waals surface area (Å²) in [5.74, 6) is -1.65. The molecule has 0 aromatic carbocycles. The van der Waals surface area contributed by atoms with Crippen molar-refractivity contribution in [2.24, 2.45) is 0 Å². The Hall–Kier alpha value is -3.24. The Labute approximate surface area is 169 Å². The Bertz CT molecular complexity index is 951. The van der Waals surface area contributed by atoms with Gasteiger partial charge < -0.3 is 15.5 Å². The van der Waals surface area contributed by atoms with Crippen LogP contribution in [0.1, 0.15) is 35.7 Å². The summed E-state index contributed by atoms with van der Waals surface area (Å²) in [7, 11) is 0. The highest BCUT2D eigenvalue weighted by Gasteiger charge is 2.33. The summed E-state index contributed by atoms with van der Waals surface area (Å²) < 4.78 is 52.1. The van der Waals surface area contributed by atoms with Crippen molar-refractivity contribution in [1.82, 2.24) is 15.3 Å². The first-order valence-corrected chi connectivity index (χ1v) is 9.22. The topological polar surface area (TPSA) is 87.2 Å². The molecule has 2 amide bonds. The fraction of sp³-hybridized carbons (Fsp3) is 0.368. The van der Waals surface area contributed by atoms with Crippen LogP contribution in [0.3, 0.4) is 0 Å². The SMILES string of the molecule is CCC(=O)Nc1cc(C(=O)N[C@@H]2CCN(c3ncc(C(F)(F)F)cc3F)C2)ccn1. The van der Waals surface area contributed by atoms with Gasteiger partial charge in [-0.25, -0.2) is 14.4 Å². The smallest absolute Gasteiger partial charge is 0.352 e. The molecule has 2 N–H and O–H groups in total. The molecule has 0 saturated carbocycles. The number of halogens is 4. The van der Waals surface area contributed by atoms with Crippen LogP contribution in [0.5, 0.6) is 0 Å². The van der Waals surface area contributed by atoms with Crippen molar-refractivity contribution in [1.29, 1.82) is 0 Å². The van der Waals surface area contributed by atoms with Crippen molar-refractivity contribution in [2.45, 2.75) is 32.0 Å². The monoisotopic (exact) mass is 425 g/mol. The molecular weight excluding hydrogens is 406 g/mol. The quantitative estimate of drug-likeness (QED) is 0.720. The molecule has 3 heterocycles. The third-order valence-electron chi connectivity index (χ3n) is 4.58. The lowest BCUT2D eigenvalue weighted by molar-refractivity contribution is -0.138. The zero-order valence-electron chi connectivity index (χ0n) is 16.0. The standard InChI is InChI=1S/C19H19F4N5O2/c1-2-16(29)27-15-7-11(3-5-24-15)18(30)26-13-4-6-28(10-13)17-14(20)8-12(9-25-17)19(21,22)23/h3,5,7-9,13H,2,4,6,10H2,1H3,(H,26,30)(H,24,27,29)/t13-/m1/s1. The van der Waals surface area contributed by atoms with Gasteiger partial charge in [0.1, 0.15) is 5.82 Å². The van der Waals surface area contributed by atoms with Crippen molar-refractivity contribution in [2.75, 3.05) is 23.3 Å². The molecule has 2 aromatic heterocycles. The first-order valence-electron chi connectivity index (χ1n) is 9.22. The molecular formula is C19H19F4N5O2. The van der Waals surface area contributed by atoms with E-state index in [1.165, 1.54) is 23.2 Å². The number of alkyl halides is 3. The van der Waals surface area contributed by atoms with Crippen molar-refractivity contribution in [3.63, 3.8) is 0 Å². The van der Waals surface area contributed by atoms with Gasteiger partial charge in [0.2, 0.25) is 5.91 Å². The van der Waals surface area contributed by atoms with Gasteiger partial charge in [0.05, 0.1) is 5.56 Å². The second-order valence-electron chi connectivity index (χ2n) is 6.76. The van der Waals surface area contributed by atoms with Crippen LogP contribution >= 0.6 is 0 Å². The number of nitrogens with one attached hydrogen (secondary N) is 2. The number of pyridine rings is 2. The van der Waals surface area contributed by atoms with E-state index in [9.17, 15) is 27.2 Å². The molecule has 0 aliphatic carbocycles. The molecule has 1 fully saturated rings. The Morgan fingerprint density at radius 2 is 2.03 bits per heavy atom. The van der Waals surface area contributed by atoms with Crippen LogP contribution in [0.25, 0.3) is 0 Å². The minimum atomic E-state index is -4.67. The van der Waals surface area contributed by atoms with Crippen LogP contribution in [-0.2, 0) is 11.0 Å². The predicted molar refractivity (Wildman–Crippen MR) is 100 cm³/mol. The summed E-state index contributed by atoms with van der Waals surface area (Å²) in [5.41, 5.74) is -0.870. The molecule has 0 radical (unpaired) electrons. The molecule has 2 aromatic rings. The molecule has 0 spiro atoms. The molecule has 160 valence electrons. The van der Waals surface area contributed by atoms with Crippen LogP contribution < -0.4 is 15.5 Å². The number of nitrogens with zero attached hydrogens (tertiary/aromatic N) is 3. The molecule has 1 aliphatic heterocycles. The Balaban J connectivity index is 1.63. The predicted octanol–water partition coefficient (Wildman–Crippen LogP) is 2.99. The molecule has 1 saturated heterocycles. The number of rotatable bonds is 5. The van der Waals surface area contributed by atoms with E-state index >= 15 is 0 Å². The van der Waals surface area contributed by atoms with Gasteiger partial charge in [-0.3, -0.25) is 9.59 Å². The maximum atomic E-state index is 14.1. The molecule has 0 bridgehead atoms. The number of carbonyl (C=O) groups is 2. The molecule has 11 heteroatoms. The van der Waals surface area contributed by atoms with Crippen molar-refractivity contribution >= 4 is 23.5 Å². The lowest BCUT2D eigenvalue weighted by atomic mass is 10.2. The fourth-order valence-corrected chi connectivity index (χ4v) is 3.03. The first-order chi connectivity index (χ1) is 14.2. The number of amides is 2. The normalized spacial score (nSPS) is 16.4. The zero-order chi connectivity index (χ0) is 21.9. The van der Waals surface area contributed by atoms with E-state index in [-0.39, 0.29) is 42.1 Å². The van der Waals surface area contributed by atoms with Gasteiger partial charge in [-0.05, 0) is 24.6 Å². The van der Waals surface area contributed by atoms with E-state index in [1.54, 1.807) is 6.92 Å². The zero-order valence-corrected chi connectivity index (χ0v) is 16.0. The van der Waals surface area contributed by atoms with Gasteiger partial charge in [-0.1, -0.05) is 6.92 Å². The van der Waals surface area contributed by atoms with Crippen molar-refractivity contribution in [3.8, 4) is 0 Å². The summed E-state index contributed by atoms with van der Waals surface area (Å²) in [4.78, 5) is 33.0. The maximum absolute atomic E-state index is 14.1. The average molecular weight is 425 g/mol. The second-order valence-corrected chi connectivity index (χ2v) is 6.76. The Morgan fingerprint density at radius 1 is 1.27 bits per heavy atom. The average Bonchev–Trinajstić information content (AvgIpc) is 3.15. The van der Waals surface area contributed by atoms with Crippen LogP contribution in [0, 0.1) is 5.82 Å². The summed E-state index contributed by atoms with van der Waals surface area (Å²) in [6.07, 6.45) is -1.95. The largest absolute Gasteiger partial charge is 0.417 e. The van der Waals surface area contributed by atoms with Crippen LogP contribution in [0.4, 0.5) is 29.2 Å². The number of aromatic nitrogens is 2. The highest BCUT2D eigenvalue weighted by Crippen LogP contribution is 2.31. The van der Waals surface area contributed by atoms with Gasteiger partial charge in [-0.15, -0.1) is 0 Å². The highest BCUT2D eigenvalue weighted by molar-refractivity contribution is 5.96. The third-order valence-corrected chi connectivity index (χ3v) is 4.58. The molecule has 1 atom stereocenters. The van der Waals surface area contributed by atoms with E-state index in [1.807, 2.05) is 0 Å². The van der Waals surface area contributed by atoms with Gasteiger partial charge in [0, 0.05) is 43.5 Å². The van der Waals surface area contributed by atoms with Crippen LogP contribution in [-0.4, -0.2) is 40.9 Å². The number of anilines is 2. The molecule has 3 rings (SSSR count). The van der Waals surface area contributed by atoms with Gasteiger partial charge in [0.25, 0.3) is 5.91 Å². The number of hydrogen-bond acceptors (Lipinski definition) is 5. The highest BCUT2D eigenvalue weighted by atomic mass is 19.4. The lowest BCUT2D eigenvalue weighted by Gasteiger charge is -2.19. The molecule has 30 heavy (non-hydrogen) atoms. The second kappa shape index (κ2) is 8.64.